The predicted octanol–water partition coefficient (Wildman–Crippen LogP) is 17.4. The lowest BCUT2D eigenvalue weighted by atomic mass is 9.98. The summed E-state index contributed by atoms with van der Waals surface area (Å²) in [5.74, 6) is -0.634. The maximum Gasteiger partial charge on any atom is 0.220 e. The Balaban J connectivity index is 1.56. The lowest BCUT2D eigenvalue weighted by Gasteiger charge is -2.29. The number of Topliss-reactive ketones (excluding diaryl/α,β-unsaturated/α-hetero) is 1. The quantitative estimate of drug-likeness (QED) is 0.0280. The summed E-state index contributed by atoms with van der Waals surface area (Å²) in [5.41, 5.74) is 0. The van der Waals surface area contributed by atoms with Crippen LogP contribution in [0.4, 0.5) is 0 Å². The number of nitrogens with zero attached hydrogens (tertiary/aromatic N) is 2. The van der Waals surface area contributed by atoms with E-state index in [1.165, 1.54) is 141 Å². The minimum absolute atomic E-state index is 0.0264. The number of amides is 2. The summed E-state index contributed by atoms with van der Waals surface area (Å²) in [6, 6.07) is 5.77. The van der Waals surface area contributed by atoms with Gasteiger partial charge in [0, 0.05) is 70.1 Å². The van der Waals surface area contributed by atoms with Gasteiger partial charge in [-0.15, -0.1) is 0 Å². The second kappa shape index (κ2) is 51.8. The highest BCUT2D eigenvalue weighted by molar-refractivity contribution is 8.76. The van der Waals surface area contributed by atoms with Crippen molar-refractivity contribution in [2.75, 3.05) is 58.8 Å². The van der Waals surface area contributed by atoms with Gasteiger partial charge in [0.05, 0.1) is 25.9 Å². The van der Waals surface area contributed by atoms with Gasteiger partial charge in [-0.2, -0.15) is 0 Å². The van der Waals surface area contributed by atoms with E-state index < -0.39 is 11.6 Å². The number of pyridine rings is 1. The van der Waals surface area contributed by atoms with Crippen molar-refractivity contribution in [3.05, 3.63) is 73.0 Å². The molecular formula is C67H116N4O7S2. The van der Waals surface area contributed by atoms with Gasteiger partial charge in [0.2, 0.25) is 11.8 Å². The Bertz CT molecular complexity index is 1710. The van der Waals surface area contributed by atoms with E-state index in [4.69, 9.17) is 18.9 Å². The van der Waals surface area contributed by atoms with Crippen LogP contribution in [0, 0.1) is 0 Å². The molecule has 0 spiro atoms. The Hall–Kier alpha value is -2.78. The van der Waals surface area contributed by atoms with Gasteiger partial charge >= 0.3 is 0 Å². The Kier molecular flexibility index (Phi) is 47.5. The summed E-state index contributed by atoms with van der Waals surface area (Å²) in [5, 5.41) is 6.65. The van der Waals surface area contributed by atoms with Crippen molar-refractivity contribution in [3.8, 4) is 0 Å². The Labute approximate surface area is 497 Å². The van der Waals surface area contributed by atoms with E-state index in [-0.39, 0.29) is 43.2 Å². The molecule has 458 valence electrons. The summed E-state index contributed by atoms with van der Waals surface area (Å²) in [6.45, 7) is 12.1. The fraction of sp³-hybridized carbons (Fsp3) is 0.761. The molecule has 80 heavy (non-hydrogen) atoms. The molecule has 0 bridgehead atoms. The molecule has 0 saturated carbocycles. The van der Waals surface area contributed by atoms with Crippen LogP contribution in [0.15, 0.2) is 78.0 Å². The smallest absolute Gasteiger partial charge is 0.220 e. The number of aromatic nitrogens is 1. The number of hydrogen-bond donors (Lipinski definition) is 2. The van der Waals surface area contributed by atoms with Crippen LogP contribution < -0.4 is 10.6 Å². The molecule has 1 aliphatic heterocycles. The predicted molar refractivity (Wildman–Crippen MR) is 340 cm³/mol. The SMILES string of the molecule is CCCCC/C=C\C/C=C\CCCCCCCCC1(CCCCCCCC/C=C\C/C=C\CCCCC)OCC(CN(C)CCCCCCCC(=O)CCC(=O)NCCOC(C)(C)OCCNC(=O)CCSSc2ccccn2)O1. The number of hydrogen-bond acceptors (Lipinski definition) is 11. The molecule has 0 aromatic carbocycles. The summed E-state index contributed by atoms with van der Waals surface area (Å²) in [4.78, 5) is 43.8. The van der Waals surface area contributed by atoms with Gasteiger partial charge < -0.3 is 34.5 Å². The van der Waals surface area contributed by atoms with Gasteiger partial charge in [0.1, 0.15) is 10.8 Å². The second-order valence-electron chi connectivity index (χ2n) is 22.6. The van der Waals surface area contributed by atoms with Crippen molar-refractivity contribution in [2.24, 2.45) is 0 Å². The number of ether oxygens (including phenoxy) is 4. The zero-order valence-corrected chi connectivity index (χ0v) is 53.1. The number of ketones is 1. The van der Waals surface area contributed by atoms with Crippen LogP contribution in [0.3, 0.4) is 0 Å². The minimum atomic E-state index is -0.865. The fourth-order valence-corrected chi connectivity index (χ4v) is 11.6. The lowest BCUT2D eigenvalue weighted by Crippen LogP contribution is -2.36. The molecular weight excluding hydrogens is 1040 g/mol. The van der Waals surface area contributed by atoms with Gasteiger partial charge in [-0.1, -0.05) is 176 Å². The van der Waals surface area contributed by atoms with Crippen molar-refractivity contribution in [1.82, 2.24) is 20.5 Å². The van der Waals surface area contributed by atoms with Crippen LogP contribution in [-0.2, 0) is 33.3 Å². The molecule has 1 aromatic heterocycles. The summed E-state index contributed by atoms with van der Waals surface area (Å²) >= 11 is 0. The van der Waals surface area contributed by atoms with E-state index >= 15 is 0 Å². The van der Waals surface area contributed by atoms with E-state index in [0.29, 0.717) is 44.9 Å². The molecule has 1 aliphatic rings. The monoisotopic (exact) mass is 1150 g/mol. The molecule has 11 nitrogen and oxygen atoms in total. The van der Waals surface area contributed by atoms with Crippen LogP contribution in [0.1, 0.15) is 252 Å². The molecule has 2 N–H and O–H groups in total. The topological polar surface area (TPSA) is 128 Å². The molecule has 0 radical (unpaired) electrons. The summed E-state index contributed by atoms with van der Waals surface area (Å²) in [7, 11) is 5.37. The normalized spacial score (nSPS) is 14.8. The third kappa shape index (κ3) is 44.8. The van der Waals surface area contributed by atoms with Crippen LogP contribution >= 0.6 is 21.6 Å². The molecule has 0 aliphatic carbocycles. The molecule has 1 fully saturated rings. The molecule has 2 amide bonds. The number of allylic oxidation sites excluding steroid dienone is 8. The number of rotatable bonds is 56. The minimum Gasteiger partial charge on any atom is -0.354 e. The first-order valence-electron chi connectivity index (χ1n) is 32.2. The Morgan fingerprint density at radius 1 is 0.637 bits per heavy atom. The average Bonchev–Trinajstić information content (AvgIpc) is 3.85. The van der Waals surface area contributed by atoms with E-state index in [1.54, 1.807) is 27.8 Å². The first kappa shape index (κ1) is 73.3. The zero-order valence-electron chi connectivity index (χ0n) is 51.5. The molecule has 2 rings (SSSR count). The van der Waals surface area contributed by atoms with Crippen LogP contribution in [0.5, 0.6) is 0 Å². The van der Waals surface area contributed by atoms with Gasteiger partial charge in [-0.3, -0.25) is 14.4 Å². The van der Waals surface area contributed by atoms with E-state index in [0.717, 1.165) is 75.9 Å². The van der Waals surface area contributed by atoms with Crippen LogP contribution in [0.2, 0.25) is 0 Å². The molecule has 2 heterocycles. The standard InChI is InChI=1S/C67H116N4O7S2/c1-6-8-10-12-14-16-18-20-22-24-26-28-30-32-36-41-50-67(51-42-37-33-31-29-27-25-23-21-19-17-15-13-11-9-7-2)77-60-62(78-67)59-71(5)55-44-38-34-35-39-45-61(72)47-48-63(73)68-53-56-75-66(3,4)76-57-54-69-64(74)49-58-79-80-65-46-40-43-52-70-65/h14-17,20-23,40,43,46,52,62H,6-13,18-19,24-39,41-42,44-45,47-51,53-60H2,1-5H3,(H,68,73)(H,69,74)/b16-14-,17-15-,22-20-,23-21-. The molecule has 1 unspecified atom stereocenters. The highest BCUT2D eigenvalue weighted by Crippen LogP contribution is 2.35. The molecule has 1 atom stereocenters. The number of unbranched alkanes of at least 4 members (excludes halogenated alkanes) is 22. The fourth-order valence-electron chi connectivity index (χ4n) is 9.74. The number of likely N-dealkylation sites (N-methyl/N-ethyl adjacent to an activating group) is 1. The highest BCUT2D eigenvalue weighted by atomic mass is 33.1. The Morgan fingerprint density at radius 2 is 1.14 bits per heavy atom. The summed E-state index contributed by atoms with van der Waals surface area (Å²) < 4.78 is 25.2. The Morgan fingerprint density at radius 3 is 1.68 bits per heavy atom. The van der Waals surface area contributed by atoms with Gasteiger partial charge in [0.15, 0.2) is 11.6 Å². The summed E-state index contributed by atoms with van der Waals surface area (Å²) in [6.07, 6.45) is 59.5. The molecule has 1 saturated heterocycles. The van der Waals surface area contributed by atoms with Crippen molar-refractivity contribution < 1.29 is 33.3 Å². The second-order valence-corrected chi connectivity index (χ2v) is 25.0. The van der Waals surface area contributed by atoms with E-state index in [1.807, 2.05) is 32.0 Å². The van der Waals surface area contributed by atoms with Crippen molar-refractivity contribution in [2.45, 2.75) is 275 Å². The first-order valence-corrected chi connectivity index (χ1v) is 34.5. The number of carbonyl (C=O) groups excluding carboxylic acids is 3. The number of nitrogens with one attached hydrogen (secondary N) is 2. The molecule has 13 heteroatoms. The maximum atomic E-state index is 12.6. The van der Waals surface area contributed by atoms with Crippen molar-refractivity contribution >= 4 is 39.2 Å². The lowest BCUT2D eigenvalue weighted by molar-refractivity contribution is -0.211. The first-order chi connectivity index (χ1) is 39.1. The third-order valence-electron chi connectivity index (χ3n) is 14.5. The van der Waals surface area contributed by atoms with E-state index in [9.17, 15) is 14.4 Å². The van der Waals surface area contributed by atoms with Crippen molar-refractivity contribution in [3.63, 3.8) is 0 Å². The highest BCUT2D eigenvalue weighted by Gasteiger charge is 2.40. The average molecular weight is 1150 g/mol. The number of carbonyl (C=O) groups is 3. The largest absolute Gasteiger partial charge is 0.354 e. The van der Waals surface area contributed by atoms with Crippen LogP contribution in [-0.4, -0.2) is 104 Å². The van der Waals surface area contributed by atoms with Gasteiger partial charge in [-0.25, -0.2) is 4.98 Å². The molecule has 1 aromatic rings. The van der Waals surface area contributed by atoms with Crippen LogP contribution in [0.25, 0.3) is 0 Å². The zero-order chi connectivity index (χ0) is 57.7. The van der Waals surface area contributed by atoms with E-state index in [2.05, 4.69) is 90.0 Å². The third-order valence-corrected chi connectivity index (χ3v) is 16.8. The van der Waals surface area contributed by atoms with Crippen molar-refractivity contribution in [1.29, 1.82) is 0 Å². The maximum absolute atomic E-state index is 12.6. The van der Waals surface area contributed by atoms with Gasteiger partial charge in [-0.05, 0) is 140 Å². The van der Waals surface area contributed by atoms with Gasteiger partial charge in [0.25, 0.3) is 0 Å².